The van der Waals surface area contributed by atoms with E-state index in [1.807, 2.05) is 12.1 Å². The van der Waals surface area contributed by atoms with E-state index in [1.165, 1.54) is 5.56 Å². The van der Waals surface area contributed by atoms with Crippen LogP contribution in [0.2, 0.25) is 0 Å². The van der Waals surface area contributed by atoms with Gasteiger partial charge in [0.1, 0.15) is 0 Å². The molecule has 0 fully saturated rings. The summed E-state index contributed by atoms with van der Waals surface area (Å²) in [6, 6.07) is 8.32. The molecule has 77 valence electrons. The van der Waals surface area contributed by atoms with Gasteiger partial charge in [-0.05, 0) is 31.9 Å². The third-order valence-electron chi connectivity index (χ3n) is 3.05. The third kappa shape index (κ3) is 2.36. The maximum absolute atomic E-state index is 5.47. The zero-order valence-electron chi connectivity index (χ0n) is 9.50. The normalized spacial score (nSPS) is 14.1. The highest BCUT2D eigenvalue weighted by Gasteiger charge is 2.26. The third-order valence-corrected chi connectivity index (χ3v) is 3.05. The van der Waals surface area contributed by atoms with Crippen LogP contribution < -0.4 is 0 Å². The average molecular weight is 191 g/mol. The fourth-order valence-corrected chi connectivity index (χ4v) is 1.38. The number of ether oxygens (including phenoxy) is 1. The predicted octanol–water partition coefficient (Wildman–Crippen LogP) is 3.40. The minimum absolute atomic E-state index is 0.122. The second kappa shape index (κ2) is 4.14. The Morgan fingerprint density at radius 3 is 2.14 bits per heavy atom. The monoisotopic (exact) mass is 191 g/mol. The van der Waals surface area contributed by atoms with E-state index in [-0.39, 0.29) is 5.60 Å². The first-order valence-corrected chi connectivity index (χ1v) is 4.94. The van der Waals surface area contributed by atoms with Crippen LogP contribution in [0.5, 0.6) is 0 Å². The van der Waals surface area contributed by atoms with Crippen molar-refractivity contribution >= 4 is 0 Å². The molecule has 0 bridgehead atoms. The van der Waals surface area contributed by atoms with E-state index in [0.29, 0.717) is 5.92 Å². The number of methoxy groups -OCH3 is 1. The van der Waals surface area contributed by atoms with Gasteiger partial charge in [-0.3, -0.25) is 0 Å². The highest BCUT2D eigenvalue weighted by Crippen LogP contribution is 2.29. The molecule has 0 heterocycles. The fraction of sp³-hybridized carbons (Fsp3) is 0.462. The van der Waals surface area contributed by atoms with Crippen LogP contribution in [-0.4, -0.2) is 12.7 Å². The molecule has 14 heavy (non-hydrogen) atoms. The lowest BCUT2D eigenvalue weighted by Gasteiger charge is -2.30. The van der Waals surface area contributed by atoms with Crippen molar-refractivity contribution in [1.82, 2.24) is 0 Å². The van der Waals surface area contributed by atoms with E-state index in [1.54, 1.807) is 7.11 Å². The van der Waals surface area contributed by atoms with Crippen molar-refractivity contribution in [2.24, 2.45) is 0 Å². The SMILES string of the molecule is [CH2]c1ccc(C(C)C(C)(C)OC)cc1. The first kappa shape index (κ1) is 11.3. The Balaban J connectivity index is 2.89. The standard InChI is InChI=1S/C13H19O/c1-10-6-8-12(9-7-10)11(2)13(3,4)14-5/h6-9,11H,1H2,2-5H3. The van der Waals surface area contributed by atoms with Gasteiger partial charge in [-0.25, -0.2) is 0 Å². The molecule has 1 radical (unpaired) electrons. The van der Waals surface area contributed by atoms with Gasteiger partial charge in [-0.15, -0.1) is 0 Å². The van der Waals surface area contributed by atoms with Gasteiger partial charge in [0.15, 0.2) is 0 Å². The molecule has 0 amide bonds. The van der Waals surface area contributed by atoms with Crippen LogP contribution in [0.15, 0.2) is 24.3 Å². The summed E-state index contributed by atoms with van der Waals surface area (Å²) >= 11 is 0. The molecule has 1 rings (SSSR count). The Morgan fingerprint density at radius 1 is 1.21 bits per heavy atom. The van der Waals surface area contributed by atoms with Crippen LogP contribution in [-0.2, 0) is 4.74 Å². The Kier molecular flexibility index (Phi) is 3.33. The van der Waals surface area contributed by atoms with Gasteiger partial charge in [0.25, 0.3) is 0 Å². The first-order valence-electron chi connectivity index (χ1n) is 4.94. The molecule has 0 N–H and O–H groups in total. The van der Waals surface area contributed by atoms with Crippen molar-refractivity contribution in [3.63, 3.8) is 0 Å². The van der Waals surface area contributed by atoms with Gasteiger partial charge in [0.05, 0.1) is 5.60 Å². The van der Waals surface area contributed by atoms with Gasteiger partial charge in [0.2, 0.25) is 0 Å². The molecule has 0 aliphatic heterocycles. The topological polar surface area (TPSA) is 9.23 Å². The smallest absolute Gasteiger partial charge is 0.0688 e. The van der Waals surface area contributed by atoms with Crippen molar-refractivity contribution < 1.29 is 4.74 Å². The summed E-state index contributed by atoms with van der Waals surface area (Å²) in [4.78, 5) is 0. The minimum atomic E-state index is -0.122. The van der Waals surface area contributed by atoms with E-state index < -0.39 is 0 Å². The summed E-state index contributed by atoms with van der Waals surface area (Å²) in [5.74, 6) is 0.382. The van der Waals surface area contributed by atoms with E-state index in [2.05, 4.69) is 39.8 Å². The molecule has 1 aromatic carbocycles. The minimum Gasteiger partial charge on any atom is -0.378 e. The summed E-state index contributed by atoms with van der Waals surface area (Å²) in [6.45, 7) is 10.3. The summed E-state index contributed by atoms with van der Waals surface area (Å²) < 4.78 is 5.47. The molecule has 0 saturated heterocycles. The number of rotatable bonds is 3. The van der Waals surface area contributed by atoms with Gasteiger partial charge in [0, 0.05) is 13.0 Å². The Labute approximate surface area is 87.1 Å². The van der Waals surface area contributed by atoms with Gasteiger partial charge in [-0.2, -0.15) is 0 Å². The second-order valence-electron chi connectivity index (χ2n) is 4.27. The molecule has 0 aliphatic carbocycles. The number of hydrogen-bond acceptors (Lipinski definition) is 1. The van der Waals surface area contributed by atoms with Crippen LogP contribution in [0.4, 0.5) is 0 Å². The Hall–Kier alpha value is -0.820. The van der Waals surface area contributed by atoms with Crippen LogP contribution in [0.3, 0.4) is 0 Å². The molecule has 1 atom stereocenters. The van der Waals surface area contributed by atoms with Gasteiger partial charge >= 0.3 is 0 Å². The molecular weight excluding hydrogens is 172 g/mol. The van der Waals surface area contributed by atoms with E-state index in [0.717, 1.165) is 5.56 Å². The Morgan fingerprint density at radius 2 is 1.71 bits per heavy atom. The van der Waals surface area contributed by atoms with Crippen LogP contribution >= 0.6 is 0 Å². The molecule has 1 heteroatoms. The summed E-state index contributed by atoms with van der Waals surface area (Å²) in [5, 5.41) is 0. The first-order chi connectivity index (χ1) is 6.47. The van der Waals surface area contributed by atoms with E-state index >= 15 is 0 Å². The molecular formula is C13H19O. The van der Waals surface area contributed by atoms with Crippen molar-refractivity contribution in [3.05, 3.63) is 42.3 Å². The van der Waals surface area contributed by atoms with Crippen LogP contribution in [0, 0.1) is 6.92 Å². The second-order valence-corrected chi connectivity index (χ2v) is 4.27. The maximum atomic E-state index is 5.47. The van der Waals surface area contributed by atoms with E-state index in [9.17, 15) is 0 Å². The zero-order chi connectivity index (χ0) is 10.8. The van der Waals surface area contributed by atoms with E-state index in [4.69, 9.17) is 4.74 Å². The maximum Gasteiger partial charge on any atom is 0.0688 e. The summed E-state index contributed by atoms with van der Waals surface area (Å²) in [6.07, 6.45) is 0. The van der Waals surface area contributed by atoms with Gasteiger partial charge in [-0.1, -0.05) is 31.2 Å². The number of hydrogen-bond donors (Lipinski definition) is 0. The number of benzene rings is 1. The fourth-order valence-electron chi connectivity index (χ4n) is 1.38. The highest BCUT2D eigenvalue weighted by atomic mass is 16.5. The lowest BCUT2D eigenvalue weighted by molar-refractivity contribution is 0.00323. The quantitative estimate of drug-likeness (QED) is 0.711. The largest absolute Gasteiger partial charge is 0.378 e. The average Bonchev–Trinajstić information content (AvgIpc) is 2.18. The predicted molar refractivity (Wildman–Crippen MR) is 60.4 cm³/mol. The highest BCUT2D eigenvalue weighted by molar-refractivity contribution is 5.27. The molecule has 0 spiro atoms. The summed E-state index contributed by atoms with van der Waals surface area (Å²) in [7, 11) is 1.76. The Bertz CT molecular complexity index is 285. The molecule has 0 aliphatic rings. The van der Waals surface area contributed by atoms with Crippen molar-refractivity contribution in [3.8, 4) is 0 Å². The van der Waals surface area contributed by atoms with Crippen molar-refractivity contribution in [1.29, 1.82) is 0 Å². The molecule has 0 saturated carbocycles. The lowest BCUT2D eigenvalue weighted by Crippen LogP contribution is -2.29. The van der Waals surface area contributed by atoms with Crippen molar-refractivity contribution in [2.75, 3.05) is 7.11 Å². The lowest BCUT2D eigenvalue weighted by atomic mass is 9.86. The zero-order valence-corrected chi connectivity index (χ0v) is 9.50. The molecule has 1 aromatic rings. The summed E-state index contributed by atoms with van der Waals surface area (Å²) in [5.41, 5.74) is 2.23. The molecule has 1 nitrogen and oxygen atoms in total. The molecule has 1 unspecified atom stereocenters. The van der Waals surface area contributed by atoms with Crippen LogP contribution in [0.1, 0.15) is 37.8 Å². The van der Waals surface area contributed by atoms with Crippen molar-refractivity contribution in [2.45, 2.75) is 32.3 Å². The van der Waals surface area contributed by atoms with Crippen LogP contribution in [0.25, 0.3) is 0 Å². The van der Waals surface area contributed by atoms with Gasteiger partial charge < -0.3 is 4.74 Å². The molecule has 0 aromatic heterocycles.